The van der Waals surface area contributed by atoms with Crippen molar-refractivity contribution in [2.24, 2.45) is 5.41 Å². The van der Waals surface area contributed by atoms with Crippen LogP contribution in [0.2, 0.25) is 0 Å². The fraction of sp³-hybridized carbons (Fsp3) is 0.600. The molecule has 1 nitrogen and oxygen atoms in total. The summed E-state index contributed by atoms with van der Waals surface area (Å²) in [6.07, 6.45) is 2.63. The molecule has 0 atom stereocenters. The molecule has 0 amide bonds. The molecule has 1 aromatic carbocycles. The number of benzene rings is 1. The van der Waals surface area contributed by atoms with Gasteiger partial charge >= 0.3 is 0 Å². The van der Waals surface area contributed by atoms with Crippen molar-refractivity contribution in [3.05, 3.63) is 33.8 Å². The van der Waals surface area contributed by atoms with Crippen LogP contribution in [0.1, 0.15) is 37.8 Å². The van der Waals surface area contributed by atoms with Crippen LogP contribution in [-0.4, -0.2) is 18.0 Å². The molecule has 2 heteroatoms. The number of piperidine rings is 1. The average Bonchev–Trinajstić information content (AvgIpc) is 2.27. The van der Waals surface area contributed by atoms with E-state index in [1.807, 2.05) is 0 Å². The Bertz CT molecular complexity index is 388. The quantitative estimate of drug-likeness (QED) is 0.783. The molecule has 0 bridgehead atoms. The summed E-state index contributed by atoms with van der Waals surface area (Å²) in [7, 11) is 0. The van der Waals surface area contributed by atoms with Gasteiger partial charge in [0.1, 0.15) is 0 Å². The fourth-order valence-electron chi connectivity index (χ4n) is 2.39. The van der Waals surface area contributed by atoms with Crippen LogP contribution in [0, 0.1) is 12.3 Å². The minimum absolute atomic E-state index is 0.542. The third kappa shape index (κ3) is 3.32. The molecule has 0 N–H and O–H groups in total. The second kappa shape index (κ2) is 5.11. The summed E-state index contributed by atoms with van der Waals surface area (Å²) < 4.78 is 1.28. The van der Waals surface area contributed by atoms with E-state index in [0.717, 1.165) is 6.54 Å². The Hall–Kier alpha value is -0.340. The van der Waals surface area contributed by atoms with Crippen LogP contribution in [0.5, 0.6) is 0 Å². The smallest absolute Gasteiger partial charge is 0.0249 e. The van der Waals surface area contributed by atoms with E-state index in [-0.39, 0.29) is 0 Å². The molecule has 0 aliphatic carbocycles. The molecule has 0 aromatic heterocycles. The SMILES string of the molecule is Cc1cccc(CN2CCC(C)(C)CC2)c1Br. The largest absolute Gasteiger partial charge is 0.299 e. The van der Waals surface area contributed by atoms with E-state index in [1.54, 1.807) is 0 Å². The zero-order valence-electron chi connectivity index (χ0n) is 11.1. The number of hydrogen-bond donors (Lipinski definition) is 0. The molecule has 17 heavy (non-hydrogen) atoms. The first-order valence-corrected chi connectivity index (χ1v) is 7.24. The standard InChI is InChI=1S/C15H22BrN/c1-12-5-4-6-13(14(12)16)11-17-9-7-15(2,3)8-10-17/h4-6H,7-11H2,1-3H3. The van der Waals surface area contributed by atoms with Gasteiger partial charge in [-0.25, -0.2) is 0 Å². The third-order valence-corrected chi connectivity index (χ3v) is 5.01. The first-order chi connectivity index (χ1) is 7.98. The summed E-state index contributed by atoms with van der Waals surface area (Å²) in [5.74, 6) is 0. The molecule has 1 aliphatic rings. The maximum Gasteiger partial charge on any atom is 0.0249 e. The first-order valence-electron chi connectivity index (χ1n) is 6.44. The highest BCUT2D eigenvalue weighted by Crippen LogP contribution is 2.31. The number of hydrogen-bond acceptors (Lipinski definition) is 1. The Morgan fingerprint density at radius 1 is 1.24 bits per heavy atom. The van der Waals surface area contributed by atoms with Crippen molar-refractivity contribution >= 4 is 15.9 Å². The summed E-state index contributed by atoms with van der Waals surface area (Å²) in [5, 5.41) is 0. The van der Waals surface area contributed by atoms with Crippen molar-refractivity contribution in [2.75, 3.05) is 13.1 Å². The Balaban J connectivity index is 2.00. The summed E-state index contributed by atoms with van der Waals surface area (Å²) >= 11 is 3.70. The fourth-order valence-corrected chi connectivity index (χ4v) is 2.78. The maximum absolute atomic E-state index is 3.70. The van der Waals surface area contributed by atoms with Gasteiger partial charge in [0.2, 0.25) is 0 Å². The average molecular weight is 296 g/mol. The minimum Gasteiger partial charge on any atom is -0.299 e. The van der Waals surface area contributed by atoms with Crippen molar-refractivity contribution in [1.82, 2.24) is 4.90 Å². The molecule has 0 unspecified atom stereocenters. The van der Waals surface area contributed by atoms with Gasteiger partial charge in [-0.15, -0.1) is 0 Å². The molecule has 2 rings (SSSR count). The molecule has 0 spiro atoms. The van der Waals surface area contributed by atoms with Crippen molar-refractivity contribution in [1.29, 1.82) is 0 Å². The van der Waals surface area contributed by atoms with Gasteiger partial charge in [-0.2, -0.15) is 0 Å². The van der Waals surface area contributed by atoms with Gasteiger partial charge in [-0.05, 0) is 49.4 Å². The molecule has 0 radical (unpaired) electrons. The first kappa shape index (κ1) is 13.1. The lowest BCUT2D eigenvalue weighted by Crippen LogP contribution is -2.36. The lowest BCUT2D eigenvalue weighted by molar-refractivity contribution is 0.127. The summed E-state index contributed by atoms with van der Waals surface area (Å²) in [6, 6.07) is 6.55. The molecule has 1 heterocycles. The van der Waals surface area contributed by atoms with Gasteiger partial charge in [0, 0.05) is 11.0 Å². The second-order valence-electron chi connectivity index (χ2n) is 5.99. The predicted molar refractivity (Wildman–Crippen MR) is 77.2 cm³/mol. The van der Waals surface area contributed by atoms with Crippen LogP contribution in [0.3, 0.4) is 0 Å². The Morgan fingerprint density at radius 2 is 1.88 bits per heavy atom. The highest BCUT2D eigenvalue weighted by molar-refractivity contribution is 9.10. The van der Waals surface area contributed by atoms with Crippen LogP contribution in [-0.2, 0) is 6.54 Å². The van der Waals surface area contributed by atoms with Crippen molar-refractivity contribution in [3.63, 3.8) is 0 Å². The molecule has 1 saturated heterocycles. The van der Waals surface area contributed by atoms with Gasteiger partial charge in [-0.3, -0.25) is 4.90 Å². The summed E-state index contributed by atoms with van der Waals surface area (Å²) in [5.41, 5.74) is 3.30. The highest BCUT2D eigenvalue weighted by atomic mass is 79.9. The predicted octanol–water partition coefficient (Wildman–Crippen LogP) is 4.38. The minimum atomic E-state index is 0.542. The van der Waals surface area contributed by atoms with Crippen LogP contribution >= 0.6 is 15.9 Å². The van der Waals surface area contributed by atoms with Gasteiger partial charge < -0.3 is 0 Å². The van der Waals surface area contributed by atoms with E-state index in [1.165, 1.54) is 41.5 Å². The summed E-state index contributed by atoms with van der Waals surface area (Å²) in [6.45, 7) is 10.5. The third-order valence-electron chi connectivity index (χ3n) is 3.88. The van der Waals surface area contributed by atoms with Crippen molar-refractivity contribution in [2.45, 2.75) is 40.2 Å². The van der Waals surface area contributed by atoms with E-state index in [4.69, 9.17) is 0 Å². The highest BCUT2D eigenvalue weighted by Gasteiger charge is 2.25. The maximum atomic E-state index is 3.70. The molecular formula is C15H22BrN. The molecule has 1 aliphatic heterocycles. The van der Waals surface area contributed by atoms with Crippen LogP contribution < -0.4 is 0 Å². The lowest BCUT2D eigenvalue weighted by Gasteiger charge is -2.37. The van der Waals surface area contributed by atoms with Crippen LogP contribution in [0.25, 0.3) is 0 Å². The Morgan fingerprint density at radius 3 is 2.53 bits per heavy atom. The summed E-state index contributed by atoms with van der Waals surface area (Å²) in [4.78, 5) is 2.57. The van der Waals surface area contributed by atoms with Crippen LogP contribution in [0.15, 0.2) is 22.7 Å². The molecular weight excluding hydrogens is 274 g/mol. The molecule has 94 valence electrons. The number of rotatable bonds is 2. The number of aryl methyl sites for hydroxylation is 1. The van der Waals surface area contributed by atoms with Gasteiger partial charge in [0.25, 0.3) is 0 Å². The van der Waals surface area contributed by atoms with E-state index >= 15 is 0 Å². The van der Waals surface area contributed by atoms with E-state index in [9.17, 15) is 0 Å². The normalized spacial score (nSPS) is 20.5. The van der Waals surface area contributed by atoms with Crippen molar-refractivity contribution in [3.8, 4) is 0 Å². The molecule has 1 aromatic rings. The number of likely N-dealkylation sites (tertiary alicyclic amines) is 1. The zero-order valence-corrected chi connectivity index (χ0v) is 12.7. The molecule has 0 saturated carbocycles. The topological polar surface area (TPSA) is 3.24 Å². The number of nitrogens with zero attached hydrogens (tertiary/aromatic N) is 1. The van der Waals surface area contributed by atoms with Gasteiger partial charge in [0.05, 0.1) is 0 Å². The monoisotopic (exact) mass is 295 g/mol. The Kier molecular flexibility index (Phi) is 3.94. The van der Waals surface area contributed by atoms with Crippen molar-refractivity contribution < 1.29 is 0 Å². The van der Waals surface area contributed by atoms with Crippen LogP contribution in [0.4, 0.5) is 0 Å². The second-order valence-corrected chi connectivity index (χ2v) is 6.78. The van der Waals surface area contributed by atoms with Gasteiger partial charge in [-0.1, -0.05) is 48.0 Å². The van der Waals surface area contributed by atoms with E-state index < -0.39 is 0 Å². The molecule has 1 fully saturated rings. The van der Waals surface area contributed by atoms with E-state index in [2.05, 4.69) is 59.8 Å². The zero-order chi connectivity index (χ0) is 12.5. The Labute approximate surface area is 113 Å². The van der Waals surface area contributed by atoms with E-state index in [0.29, 0.717) is 5.41 Å². The number of halogens is 1. The lowest BCUT2D eigenvalue weighted by atomic mass is 9.82. The van der Waals surface area contributed by atoms with Gasteiger partial charge in [0.15, 0.2) is 0 Å².